The molecule has 1 aromatic heterocycles. The van der Waals surface area contributed by atoms with E-state index in [1.807, 2.05) is 42.5 Å². The van der Waals surface area contributed by atoms with Crippen LogP contribution in [0.15, 0.2) is 66.7 Å². The van der Waals surface area contributed by atoms with E-state index in [1.54, 1.807) is 31.3 Å². The monoisotopic (exact) mass is 482 g/mol. The molecular formula is C28H26N4O4. The molecule has 8 nitrogen and oxygen atoms in total. The molecule has 1 fully saturated rings. The van der Waals surface area contributed by atoms with Crippen molar-refractivity contribution in [3.05, 3.63) is 83.7 Å². The third kappa shape index (κ3) is 4.11. The number of fused-ring (bicyclic) bond motifs is 1. The van der Waals surface area contributed by atoms with Gasteiger partial charge in [0.25, 0.3) is 5.91 Å². The van der Waals surface area contributed by atoms with Crippen molar-refractivity contribution in [1.29, 1.82) is 0 Å². The number of carbonyl (C=O) groups excluding carboxylic acids is 2. The number of imide groups is 1. The molecule has 0 bridgehead atoms. The second-order valence-electron chi connectivity index (χ2n) is 8.95. The average Bonchev–Trinajstić information content (AvgIpc) is 3.34. The van der Waals surface area contributed by atoms with Crippen LogP contribution in [-0.2, 0) is 17.8 Å². The number of anilines is 1. The number of aryl methyl sites for hydroxylation is 1. The lowest BCUT2D eigenvalue weighted by Gasteiger charge is -2.15. The Kier molecular flexibility index (Phi) is 6.01. The molecule has 4 aromatic rings. The Morgan fingerprint density at radius 2 is 1.78 bits per heavy atom. The fourth-order valence-corrected chi connectivity index (χ4v) is 4.66. The summed E-state index contributed by atoms with van der Waals surface area (Å²) in [6, 6.07) is 19.9. The van der Waals surface area contributed by atoms with Crippen molar-refractivity contribution in [2.24, 2.45) is 0 Å². The molecule has 0 saturated carbocycles. The molecule has 0 spiro atoms. The first-order valence-corrected chi connectivity index (χ1v) is 11.9. The van der Waals surface area contributed by atoms with Gasteiger partial charge in [-0.15, -0.1) is 0 Å². The lowest BCUT2D eigenvalue weighted by Crippen LogP contribution is -2.31. The number of amides is 3. The quantitative estimate of drug-likeness (QED) is 0.382. The second kappa shape index (κ2) is 9.30. The van der Waals surface area contributed by atoms with Gasteiger partial charge in [0.2, 0.25) is 0 Å². The Morgan fingerprint density at radius 3 is 2.44 bits per heavy atom. The standard InChI is InChI=1S/C28H26N4O4/c1-3-6-25-29-23-14-13-20(32-26(33)17-30(2)28(32)36)15-24(23)31(25)16-18-9-11-19(12-10-18)21-7-4-5-8-22(21)27(34)35/h4-5,7-15H,3,6,16-17H2,1-2H3,(H,34,35). The Balaban J connectivity index is 1.51. The molecule has 1 aliphatic rings. The van der Waals surface area contributed by atoms with E-state index in [2.05, 4.69) is 11.5 Å². The SMILES string of the molecule is CCCc1nc2ccc(N3C(=O)CN(C)C3=O)cc2n1Cc1ccc(-c2ccccc2C(=O)O)cc1. The first-order chi connectivity index (χ1) is 17.4. The van der Waals surface area contributed by atoms with Crippen molar-refractivity contribution in [3.8, 4) is 11.1 Å². The van der Waals surface area contributed by atoms with Crippen LogP contribution in [0.5, 0.6) is 0 Å². The van der Waals surface area contributed by atoms with Gasteiger partial charge in [-0.1, -0.05) is 49.4 Å². The zero-order valence-electron chi connectivity index (χ0n) is 20.1. The number of carbonyl (C=O) groups is 3. The number of rotatable bonds is 7. The Hall–Kier alpha value is -4.46. The van der Waals surface area contributed by atoms with E-state index in [0.717, 1.165) is 40.8 Å². The van der Waals surface area contributed by atoms with Gasteiger partial charge in [-0.05, 0) is 47.4 Å². The van der Waals surface area contributed by atoms with Crippen molar-refractivity contribution >= 4 is 34.6 Å². The molecule has 1 aliphatic heterocycles. The number of carboxylic acids is 1. The third-order valence-corrected chi connectivity index (χ3v) is 6.45. The van der Waals surface area contributed by atoms with Gasteiger partial charge in [0.15, 0.2) is 0 Å². The fourth-order valence-electron chi connectivity index (χ4n) is 4.66. The Morgan fingerprint density at radius 1 is 1.03 bits per heavy atom. The molecule has 1 saturated heterocycles. The van der Waals surface area contributed by atoms with Gasteiger partial charge in [-0.2, -0.15) is 0 Å². The van der Waals surface area contributed by atoms with Gasteiger partial charge in [0.1, 0.15) is 12.4 Å². The van der Waals surface area contributed by atoms with Gasteiger partial charge in [-0.25, -0.2) is 19.5 Å². The maximum absolute atomic E-state index is 12.5. The topological polar surface area (TPSA) is 95.7 Å². The number of aromatic nitrogens is 2. The smallest absolute Gasteiger partial charge is 0.336 e. The number of nitrogens with zero attached hydrogens (tertiary/aromatic N) is 4. The van der Waals surface area contributed by atoms with Crippen molar-refractivity contribution in [2.45, 2.75) is 26.3 Å². The molecule has 182 valence electrons. The van der Waals surface area contributed by atoms with E-state index in [0.29, 0.717) is 17.8 Å². The second-order valence-corrected chi connectivity index (χ2v) is 8.95. The summed E-state index contributed by atoms with van der Waals surface area (Å²) in [6.45, 7) is 2.72. The first kappa shape index (κ1) is 23.3. The van der Waals surface area contributed by atoms with Crippen LogP contribution in [0.25, 0.3) is 22.2 Å². The summed E-state index contributed by atoms with van der Waals surface area (Å²) in [4.78, 5) is 44.0. The molecule has 0 unspecified atom stereocenters. The highest BCUT2D eigenvalue weighted by Crippen LogP contribution is 2.28. The molecular weight excluding hydrogens is 456 g/mol. The molecule has 8 heteroatoms. The number of hydrogen-bond donors (Lipinski definition) is 1. The number of imidazole rings is 1. The number of carboxylic acid groups (broad SMARTS) is 1. The van der Waals surface area contributed by atoms with E-state index in [1.165, 1.54) is 9.80 Å². The van der Waals surface area contributed by atoms with Gasteiger partial charge in [0.05, 0.1) is 22.3 Å². The minimum Gasteiger partial charge on any atom is -0.478 e. The van der Waals surface area contributed by atoms with Gasteiger partial charge in [0, 0.05) is 20.0 Å². The maximum Gasteiger partial charge on any atom is 0.336 e. The zero-order chi connectivity index (χ0) is 25.4. The van der Waals surface area contributed by atoms with Gasteiger partial charge < -0.3 is 14.6 Å². The van der Waals surface area contributed by atoms with Gasteiger partial charge in [-0.3, -0.25) is 4.79 Å². The predicted molar refractivity (Wildman–Crippen MR) is 137 cm³/mol. The number of likely N-dealkylation sites (N-methyl/N-ethyl adjacent to an activating group) is 1. The van der Waals surface area contributed by atoms with E-state index < -0.39 is 5.97 Å². The molecule has 0 atom stereocenters. The van der Waals surface area contributed by atoms with Crippen molar-refractivity contribution in [2.75, 3.05) is 18.5 Å². The summed E-state index contributed by atoms with van der Waals surface area (Å²) in [5.41, 5.74) is 4.99. The summed E-state index contributed by atoms with van der Waals surface area (Å²) in [5, 5.41) is 9.52. The Labute approximate surface area is 208 Å². The molecule has 3 amide bonds. The number of urea groups is 1. The molecule has 36 heavy (non-hydrogen) atoms. The van der Waals surface area contributed by atoms with Crippen molar-refractivity contribution in [3.63, 3.8) is 0 Å². The largest absolute Gasteiger partial charge is 0.478 e. The lowest BCUT2D eigenvalue weighted by molar-refractivity contribution is -0.116. The lowest BCUT2D eigenvalue weighted by atomic mass is 9.99. The molecule has 0 aliphatic carbocycles. The van der Waals surface area contributed by atoms with E-state index in [-0.39, 0.29) is 24.0 Å². The van der Waals surface area contributed by atoms with E-state index >= 15 is 0 Å². The zero-order valence-corrected chi connectivity index (χ0v) is 20.1. The van der Waals surface area contributed by atoms with Crippen molar-refractivity contribution in [1.82, 2.24) is 14.5 Å². The third-order valence-electron chi connectivity index (χ3n) is 6.45. The minimum absolute atomic E-state index is 0.0641. The maximum atomic E-state index is 12.5. The summed E-state index contributed by atoms with van der Waals surface area (Å²) < 4.78 is 2.12. The normalized spacial score (nSPS) is 13.7. The first-order valence-electron chi connectivity index (χ1n) is 11.9. The Bertz CT molecular complexity index is 1490. The number of benzene rings is 3. The van der Waals surface area contributed by atoms with Crippen LogP contribution in [0.1, 0.15) is 35.1 Å². The number of aromatic carboxylic acids is 1. The number of hydrogen-bond acceptors (Lipinski definition) is 4. The fraction of sp³-hybridized carbons (Fsp3) is 0.214. The summed E-state index contributed by atoms with van der Waals surface area (Å²) in [6.07, 6.45) is 1.72. The van der Waals surface area contributed by atoms with Crippen LogP contribution < -0.4 is 4.90 Å². The van der Waals surface area contributed by atoms with Crippen LogP contribution >= 0.6 is 0 Å². The van der Waals surface area contributed by atoms with Crippen LogP contribution in [0.3, 0.4) is 0 Å². The minimum atomic E-state index is -0.958. The van der Waals surface area contributed by atoms with Gasteiger partial charge >= 0.3 is 12.0 Å². The summed E-state index contributed by atoms with van der Waals surface area (Å²) in [7, 11) is 1.61. The predicted octanol–water partition coefficient (Wildman–Crippen LogP) is 4.80. The summed E-state index contributed by atoms with van der Waals surface area (Å²) >= 11 is 0. The van der Waals surface area contributed by atoms with Crippen LogP contribution in [0.4, 0.5) is 10.5 Å². The molecule has 1 N–H and O–H groups in total. The molecule has 3 aromatic carbocycles. The highest BCUT2D eigenvalue weighted by atomic mass is 16.4. The van der Waals surface area contributed by atoms with E-state index in [9.17, 15) is 19.5 Å². The highest BCUT2D eigenvalue weighted by molar-refractivity contribution is 6.20. The van der Waals surface area contributed by atoms with Crippen LogP contribution in [0.2, 0.25) is 0 Å². The average molecular weight is 483 g/mol. The van der Waals surface area contributed by atoms with Crippen molar-refractivity contribution < 1.29 is 19.5 Å². The van der Waals surface area contributed by atoms with Crippen LogP contribution in [-0.4, -0.2) is 51.1 Å². The molecule has 5 rings (SSSR count). The van der Waals surface area contributed by atoms with Crippen LogP contribution in [0, 0.1) is 0 Å². The molecule has 2 heterocycles. The summed E-state index contributed by atoms with van der Waals surface area (Å²) in [5.74, 6) is -0.277. The highest BCUT2D eigenvalue weighted by Gasteiger charge is 2.35. The molecule has 0 radical (unpaired) electrons. The van der Waals surface area contributed by atoms with E-state index in [4.69, 9.17) is 4.98 Å².